The van der Waals surface area contributed by atoms with Crippen LogP contribution in [0.2, 0.25) is 0 Å². The molecule has 0 fully saturated rings. The van der Waals surface area contributed by atoms with Gasteiger partial charge in [-0.15, -0.1) is 0 Å². The molecule has 1 aromatic rings. The molecule has 0 aromatic carbocycles. The first-order valence-electron chi connectivity index (χ1n) is 6.10. The summed E-state index contributed by atoms with van der Waals surface area (Å²) in [5.74, 6) is 1.13. The van der Waals surface area contributed by atoms with E-state index in [9.17, 15) is 0 Å². The van der Waals surface area contributed by atoms with E-state index in [1.807, 2.05) is 17.0 Å². The van der Waals surface area contributed by atoms with Crippen molar-refractivity contribution in [3.63, 3.8) is 0 Å². The molecule has 1 aliphatic heterocycles. The summed E-state index contributed by atoms with van der Waals surface area (Å²) in [6, 6.07) is 0. The van der Waals surface area contributed by atoms with Gasteiger partial charge in [-0.3, -0.25) is 0 Å². The molecule has 0 spiro atoms. The van der Waals surface area contributed by atoms with Gasteiger partial charge in [0.2, 0.25) is 5.55 Å². The number of rotatable bonds is 4. The molecule has 2 heterocycles. The van der Waals surface area contributed by atoms with Crippen LogP contribution in [0.5, 0.6) is 0 Å². The van der Waals surface area contributed by atoms with Gasteiger partial charge in [0.05, 0.1) is 10.5 Å². The summed E-state index contributed by atoms with van der Waals surface area (Å²) in [6.45, 7) is 4.38. The zero-order valence-corrected chi connectivity index (χ0v) is 15.0. The summed E-state index contributed by atoms with van der Waals surface area (Å²) in [5, 5.41) is 9.14. The number of nitrogens with two attached hydrogens (primary N) is 1. The lowest BCUT2D eigenvalue weighted by atomic mass is 10.2. The smallest absolute Gasteiger partial charge is 0.216 e. The minimum atomic E-state index is -1.78. The molecule has 5 nitrogen and oxygen atoms in total. The Balaban J connectivity index is 0.00000220. The Labute approximate surface area is 140 Å². The number of aryl methyl sites for hydroxylation is 1. The Morgan fingerprint density at radius 3 is 2.62 bits per heavy atom. The predicted octanol–water partition coefficient (Wildman–Crippen LogP) is -2.38. The zero-order valence-electron chi connectivity index (χ0n) is 11.7. The number of hydrogen-bond donors (Lipinski definition) is 2. The van der Waals surface area contributed by atoms with Crippen molar-refractivity contribution < 1.29 is 22.1 Å². The molecule has 0 aliphatic carbocycles. The van der Waals surface area contributed by atoms with Gasteiger partial charge in [-0.2, -0.15) is 4.58 Å². The maximum Gasteiger partial charge on any atom is 0.216 e. The largest absolute Gasteiger partial charge is 1.00 e. The molecule has 0 amide bonds. The molecule has 1 aromatic heterocycles. The van der Waals surface area contributed by atoms with E-state index in [1.165, 1.54) is 0 Å². The van der Waals surface area contributed by atoms with Crippen molar-refractivity contribution in [1.29, 1.82) is 0 Å². The van der Waals surface area contributed by atoms with Gasteiger partial charge in [0.15, 0.2) is 12.2 Å². The maximum atomic E-state index is 9.14. The van der Waals surface area contributed by atoms with Crippen LogP contribution in [0.25, 0.3) is 0 Å². The molecular weight excluding hydrogens is 348 g/mol. The van der Waals surface area contributed by atoms with Gasteiger partial charge < -0.3 is 23.2 Å². The van der Waals surface area contributed by atoms with Crippen molar-refractivity contribution in [2.45, 2.75) is 26.8 Å². The summed E-state index contributed by atoms with van der Waals surface area (Å²) in [4.78, 5) is 9.31. The van der Waals surface area contributed by atoms with E-state index in [0.717, 1.165) is 16.2 Å². The van der Waals surface area contributed by atoms with E-state index in [2.05, 4.69) is 9.97 Å². The normalized spacial score (nSPS) is 16.6. The zero-order chi connectivity index (χ0) is 14.9. The molecule has 116 valence electrons. The first-order valence-corrected chi connectivity index (χ1v) is 9.65. The number of aliphatic hydroxyl groups is 1. The molecule has 0 unspecified atom stereocenters. The number of nitrogen functional groups attached to an aromatic ring is 1. The van der Waals surface area contributed by atoms with E-state index < -0.39 is 7.15 Å². The average molecular weight is 365 g/mol. The number of anilines is 1. The Morgan fingerprint density at radius 1 is 1.38 bits per heavy atom. The van der Waals surface area contributed by atoms with Gasteiger partial charge in [-0.1, -0.05) is 0 Å². The highest BCUT2D eigenvalue weighted by molar-refractivity contribution is 8.64. The highest BCUT2D eigenvalue weighted by atomic mass is 35.5. The number of halogens is 1. The van der Waals surface area contributed by atoms with Crippen LogP contribution in [-0.4, -0.2) is 31.8 Å². The summed E-state index contributed by atoms with van der Waals surface area (Å²) in [7, 11) is -1.78. The number of allylic oxidation sites excluding steroid dienone is 1. The van der Waals surface area contributed by atoms with Crippen LogP contribution < -0.4 is 18.1 Å². The molecule has 0 saturated heterocycles. The standard InChI is InChI=1S/C12H17N4OS3.ClH/c1-8-11(3-4-17)20(18,19)7-16(8)6-10-5-14-9(2)15-12(10)13;/h5,7,17H,3-4,6H2,1-2H3,(H2,13,14,15);1H/q+1;/p-1. The molecule has 9 heteroatoms. The van der Waals surface area contributed by atoms with E-state index in [0.29, 0.717) is 24.6 Å². The van der Waals surface area contributed by atoms with Crippen molar-refractivity contribution in [3.8, 4) is 0 Å². The van der Waals surface area contributed by atoms with Crippen LogP contribution in [0.4, 0.5) is 5.82 Å². The van der Waals surface area contributed by atoms with Gasteiger partial charge in [-0.05, 0) is 29.3 Å². The van der Waals surface area contributed by atoms with Crippen LogP contribution >= 0.6 is 0 Å². The SMILES string of the molecule is CC1=C(CCO)S(=S)(=S)C=[N+]1Cc1cnc(C)nc1N.[Cl-]. The van der Waals surface area contributed by atoms with E-state index in [4.69, 9.17) is 33.2 Å². The van der Waals surface area contributed by atoms with Crippen molar-refractivity contribution in [2.75, 3.05) is 12.3 Å². The van der Waals surface area contributed by atoms with Crippen LogP contribution in [-0.2, 0) is 36.1 Å². The van der Waals surface area contributed by atoms with Crippen molar-refractivity contribution in [3.05, 3.63) is 28.2 Å². The average Bonchev–Trinajstić information content (AvgIpc) is 2.56. The fourth-order valence-corrected chi connectivity index (χ4v) is 5.52. The lowest BCUT2D eigenvalue weighted by Gasteiger charge is -2.04. The second-order valence-electron chi connectivity index (χ2n) is 4.59. The number of aliphatic hydroxyl groups excluding tert-OH is 1. The maximum absolute atomic E-state index is 9.14. The third kappa shape index (κ3) is 3.95. The first-order chi connectivity index (χ1) is 9.35. The highest BCUT2D eigenvalue weighted by Crippen LogP contribution is 2.25. The Kier molecular flexibility index (Phi) is 6.18. The molecule has 0 atom stereocenters. The quantitative estimate of drug-likeness (QED) is 0.581. The minimum Gasteiger partial charge on any atom is -1.00 e. The molecule has 21 heavy (non-hydrogen) atoms. The fourth-order valence-electron chi connectivity index (χ4n) is 2.07. The molecular formula is C12H17ClN4OS3. The van der Waals surface area contributed by atoms with Gasteiger partial charge >= 0.3 is 0 Å². The van der Waals surface area contributed by atoms with Crippen LogP contribution in [0.1, 0.15) is 24.7 Å². The monoisotopic (exact) mass is 364 g/mol. The third-order valence-electron chi connectivity index (χ3n) is 3.14. The second-order valence-corrected chi connectivity index (χ2v) is 10.2. The number of hydrogen-bond acceptors (Lipinski definition) is 6. The molecule has 1 aliphatic rings. The lowest BCUT2D eigenvalue weighted by Crippen LogP contribution is -3.00. The molecule has 0 saturated carbocycles. The first kappa shape index (κ1) is 18.4. The van der Waals surface area contributed by atoms with Gasteiger partial charge in [0.1, 0.15) is 11.6 Å². The van der Waals surface area contributed by atoms with Gasteiger partial charge in [0, 0.05) is 33.3 Å². The Bertz CT molecular complexity index is 713. The number of aromatic nitrogens is 2. The minimum absolute atomic E-state index is 0. The summed E-state index contributed by atoms with van der Waals surface area (Å²) in [5.41, 5.74) is 9.67. The lowest BCUT2D eigenvalue weighted by molar-refractivity contribution is -0.485. The topological polar surface area (TPSA) is 75.0 Å². The second kappa shape index (κ2) is 7.06. The van der Waals surface area contributed by atoms with Gasteiger partial charge in [0.25, 0.3) is 0 Å². The number of nitrogens with zero attached hydrogens (tertiary/aromatic N) is 3. The van der Waals surface area contributed by atoms with Crippen molar-refractivity contribution in [1.82, 2.24) is 9.97 Å². The van der Waals surface area contributed by atoms with Gasteiger partial charge in [-0.25, -0.2) is 9.97 Å². The van der Waals surface area contributed by atoms with Crippen molar-refractivity contribution in [2.24, 2.45) is 0 Å². The van der Waals surface area contributed by atoms with Crippen molar-refractivity contribution >= 4 is 40.9 Å². The molecule has 3 N–H and O–H groups in total. The fraction of sp³-hybridized carbons (Fsp3) is 0.417. The summed E-state index contributed by atoms with van der Waals surface area (Å²) >= 11 is 11.0. The summed E-state index contributed by atoms with van der Waals surface area (Å²) < 4.78 is 2.00. The van der Waals surface area contributed by atoms with Crippen LogP contribution in [0.3, 0.4) is 0 Å². The molecule has 2 rings (SSSR count). The third-order valence-corrected chi connectivity index (χ3v) is 6.58. The van der Waals surface area contributed by atoms with E-state index >= 15 is 0 Å². The summed E-state index contributed by atoms with van der Waals surface area (Å²) in [6.07, 6.45) is 2.26. The Morgan fingerprint density at radius 2 is 2.05 bits per heavy atom. The molecule has 0 radical (unpaired) electrons. The Hall–Kier alpha value is -0.670. The van der Waals surface area contributed by atoms with E-state index in [1.54, 1.807) is 13.1 Å². The predicted molar refractivity (Wildman–Crippen MR) is 87.7 cm³/mol. The van der Waals surface area contributed by atoms with Crippen LogP contribution in [0.15, 0.2) is 16.8 Å². The van der Waals surface area contributed by atoms with E-state index in [-0.39, 0.29) is 19.0 Å². The highest BCUT2D eigenvalue weighted by Gasteiger charge is 2.29. The van der Waals surface area contributed by atoms with Crippen LogP contribution in [0, 0.1) is 6.92 Å². The molecule has 0 bridgehead atoms.